The summed E-state index contributed by atoms with van der Waals surface area (Å²) in [5, 5.41) is 10.4. The number of fused-ring (bicyclic) bond motifs is 1. The molecule has 2 fully saturated rings. The van der Waals surface area contributed by atoms with Crippen molar-refractivity contribution in [3.05, 3.63) is 78.3 Å². The highest BCUT2D eigenvalue weighted by molar-refractivity contribution is 6.02. The molecule has 6 rings (SSSR count). The lowest BCUT2D eigenvalue weighted by atomic mass is 10.0. The number of likely N-dealkylation sites (tertiary alicyclic amines) is 1. The number of nitrogens with two attached hydrogens (primary N) is 1. The number of nitriles is 1. The molecule has 2 aromatic heterocycles. The van der Waals surface area contributed by atoms with E-state index in [9.17, 15) is 10.1 Å². The molecule has 8 nitrogen and oxygen atoms in total. The number of allylic oxidation sites excluding steroid dienone is 1. The Morgan fingerprint density at radius 1 is 1.10 bits per heavy atom. The normalized spacial score (nSPS) is 17.4. The number of hydrogen-bond donors (Lipinski definition) is 1. The van der Waals surface area contributed by atoms with Gasteiger partial charge in [-0.15, -0.1) is 0 Å². The summed E-state index contributed by atoms with van der Waals surface area (Å²) in [6.45, 7) is 3.28. The fraction of sp³-hybridized carbons (Fsp3) is 0.290. The number of aromatic nitrogens is 3. The van der Waals surface area contributed by atoms with Crippen molar-refractivity contribution in [3.8, 4) is 28.7 Å². The van der Waals surface area contributed by atoms with Crippen molar-refractivity contribution < 1.29 is 9.53 Å². The van der Waals surface area contributed by atoms with Crippen molar-refractivity contribution >= 4 is 22.8 Å². The number of benzene rings is 2. The molecule has 2 N–H and O–H groups in total. The van der Waals surface area contributed by atoms with Gasteiger partial charge in [-0.2, -0.15) is 5.26 Å². The van der Waals surface area contributed by atoms with Crippen molar-refractivity contribution in [1.29, 1.82) is 5.26 Å². The third kappa shape index (κ3) is 4.84. The van der Waals surface area contributed by atoms with Crippen LogP contribution in [0.25, 0.3) is 22.2 Å². The maximum Gasteiger partial charge on any atom is 0.264 e. The zero-order chi connectivity index (χ0) is 26.9. The molecule has 1 saturated carbocycles. The van der Waals surface area contributed by atoms with E-state index in [0.717, 1.165) is 65.0 Å². The fourth-order valence-electron chi connectivity index (χ4n) is 5.51. The molecular weight excluding hydrogens is 488 g/mol. The number of nitrogen functional groups attached to an aromatic ring is 1. The maximum absolute atomic E-state index is 13.3. The highest BCUT2D eigenvalue weighted by Gasteiger charge is 2.33. The number of nitrogens with zero attached hydrogens (tertiary/aromatic N) is 5. The largest absolute Gasteiger partial charge is 0.457 e. The molecule has 196 valence electrons. The van der Waals surface area contributed by atoms with Crippen molar-refractivity contribution in [2.75, 3.05) is 12.3 Å². The summed E-state index contributed by atoms with van der Waals surface area (Å²) in [6, 6.07) is 19.7. The third-order valence-electron chi connectivity index (χ3n) is 7.66. The van der Waals surface area contributed by atoms with Crippen LogP contribution in [-0.4, -0.2) is 37.9 Å². The van der Waals surface area contributed by atoms with Crippen LogP contribution in [0.1, 0.15) is 31.4 Å². The molecule has 1 atom stereocenters. The first kappa shape index (κ1) is 24.7. The molecule has 2 aromatic carbocycles. The SMILES string of the molecule is Cc1c(-c2ccc(Oc3ccccc3)cc2)c2c(N)ncnc2n1CC1CCCN1C(=O)C(C#N)=CC1CC1. The molecule has 2 aliphatic rings. The minimum atomic E-state index is -0.163. The summed E-state index contributed by atoms with van der Waals surface area (Å²) in [4.78, 5) is 24.1. The van der Waals surface area contributed by atoms with E-state index in [2.05, 4.69) is 27.5 Å². The second-order valence-electron chi connectivity index (χ2n) is 10.3. The van der Waals surface area contributed by atoms with Crippen LogP contribution in [-0.2, 0) is 11.3 Å². The number of amides is 1. The van der Waals surface area contributed by atoms with E-state index < -0.39 is 0 Å². The third-order valence-corrected chi connectivity index (χ3v) is 7.66. The molecule has 4 aromatic rings. The van der Waals surface area contributed by atoms with Gasteiger partial charge in [0.05, 0.1) is 11.4 Å². The van der Waals surface area contributed by atoms with Crippen molar-refractivity contribution in [1.82, 2.24) is 19.4 Å². The Kier molecular flexibility index (Phi) is 6.49. The molecule has 8 heteroatoms. The van der Waals surface area contributed by atoms with E-state index in [1.54, 1.807) is 0 Å². The average molecular weight is 519 g/mol. The van der Waals surface area contributed by atoms with Crippen LogP contribution in [0.4, 0.5) is 5.82 Å². The number of carbonyl (C=O) groups excluding carboxylic acids is 1. The Labute approximate surface area is 227 Å². The predicted molar refractivity (Wildman–Crippen MR) is 150 cm³/mol. The zero-order valence-corrected chi connectivity index (χ0v) is 21.9. The Morgan fingerprint density at radius 2 is 1.85 bits per heavy atom. The van der Waals surface area contributed by atoms with Crippen LogP contribution < -0.4 is 10.5 Å². The number of carbonyl (C=O) groups is 1. The van der Waals surface area contributed by atoms with Crippen LogP contribution in [0, 0.1) is 24.2 Å². The van der Waals surface area contributed by atoms with E-state index in [-0.39, 0.29) is 17.5 Å². The van der Waals surface area contributed by atoms with Gasteiger partial charge in [-0.05, 0) is 68.4 Å². The summed E-state index contributed by atoms with van der Waals surface area (Å²) in [7, 11) is 0. The summed E-state index contributed by atoms with van der Waals surface area (Å²) in [5.41, 5.74) is 10.4. The first-order valence-electron chi connectivity index (χ1n) is 13.4. The Morgan fingerprint density at radius 3 is 2.56 bits per heavy atom. The number of para-hydroxylation sites is 1. The molecular formula is C31H30N6O2. The van der Waals surface area contributed by atoms with Gasteiger partial charge >= 0.3 is 0 Å². The number of hydrogen-bond acceptors (Lipinski definition) is 6. The molecule has 1 amide bonds. The van der Waals surface area contributed by atoms with Crippen molar-refractivity contribution in [3.63, 3.8) is 0 Å². The molecule has 0 radical (unpaired) electrons. The summed E-state index contributed by atoms with van der Waals surface area (Å²) >= 11 is 0. The van der Waals surface area contributed by atoms with E-state index in [0.29, 0.717) is 24.8 Å². The maximum atomic E-state index is 13.3. The second kappa shape index (κ2) is 10.3. The lowest BCUT2D eigenvalue weighted by Crippen LogP contribution is -2.39. The van der Waals surface area contributed by atoms with Gasteiger partial charge in [0.25, 0.3) is 5.91 Å². The molecule has 1 aliphatic heterocycles. The van der Waals surface area contributed by atoms with Crippen LogP contribution in [0.5, 0.6) is 11.5 Å². The van der Waals surface area contributed by atoms with Crippen molar-refractivity contribution in [2.24, 2.45) is 5.92 Å². The summed E-state index contributed by atoms with van der Waals surface area (Å²) in [5.74, 6) is 2.14. The molecule has 0 spiro atoms. The zero-order valence-electron chi connectivity index (χ0n) is 21.9. The quantitative estimate of drug-likeness (QED) is 0.251. The van der Waals surface area contributed by atoms with Crippen LogP contribution in [0.2, 0.25) is 0 Å². The number of anilines is 1. The first-order valence-corrected chi connectivity index (χ1v) is 13.4. The van der Waals surface area contributed by atoms with Gasteiger partial charge in [0, 0.05) is 24.3 Å². The van der Waals surface area contributed by atoms with E-state index in [1.807, 2.05) is 65.6 Å². The van der Waals surface area contributed by atoms with Gasteiger partial charge in [-0.25, -0.2) is 9.97 Å². The van der Waals surface area contributed by atoms with Crippen LogP contribution >= 0.6 is 0 Å². The van der Waals surface area contributed by atoms with Gasteiger partial charge in [-0.3, -0.25) is 4.79 Å². The van der Waals surface area contributed by atoms with E-state index in [1.165, 1.54) is 6.33 Å². The minimum absolute atomic E-state index is 0.0339. The van der Waals surface area contributed by atoms with Gasteiger partial charge < -0.3 is 19.9 Å². The molecule has 1 unspecified atom stereocenters. The monoisotopic (exact) mass is 518 g/mol. The van der Waals surface area contributed by atoms with Crippen LogP contribution in [0.3, 0.4) is 0 Å². The highest BCUT2D eigenvalue weighted by Crippen LogP contribution is 2.38. The standard InChI is InChI=1S/C31H30N6O2/c1-20-27(22-11-13-26(14-12-22)39-25-7-3-2-4-8-25)28-29(33)34-19-35-30(28)37(20)18-24-6-5-15-36(24)31(38)23(17-32)16-21-9-10-21/h2-4,7-8,11-14,16,19,21,24H,5-6,9-10,15,18H2,1H3,(H2,33,34,35). The summed E-state index contributed by atoms with van der Waals surface area (Å²) < 4.78 is 8.12. The Balaban J connectivity index is 1.32. The first-order chi connectivity index (χ1) is 19.0. The average Bonchev–Trinajstić information content (AvgIpc) is 3.58. The van der Waals surface area contributed by atoms with Gasteiger partial charge in [-0.1, -0.05) is 36.4 Å². The Hall–Kier alpha value is -4.64. The number of rotatable bonds is 7. The number of ether oxygens (including phenoxy) is 1. The lowest BCUT2D eigenvalue weighted by molar-refractivity contribution is -0.127. The minimum Gasteiger partial charge on any atom is -0.457 e. The second-order valence-corrected chi connectivity index (χ2v) is 10.3. The van der Waals surface area contributed by atoms with E-state index >= 15 is 0 Å². The fourth-order valence-corrected chi connectivity index (χ4v) is 5.51. The predicted octanol–water partition coefficient (Wildman–Crippen LogP) is 5.63. The Bertz CT molecular complexity index is 1600. The van der Waals surface area contributed by atoms with Gasteiger partial charge in [0.15, 0.2) is 0 Å². The van der Waals surface area contributed by atoms with Crippen molar-refractivity contribution in [2.45, 2.75) is 45.2 Å². The molecule has 3 heterocycles. The van der Waals surface area contributed by atoms with E-state index in [4.69, 9.17) is 10.5 Å². The summed E-state index contributed by atoms with van der Waals surface area (Å²) in [6.07, 6.45) is 7.22. The molecule has 1 aliphatic carbocycles. The highest BCUT2D eigenvalue weighted by atomic mass is 16.5. The van der Waals surface area contributed by atoms with Gasteiger partial charge in [0.1, 0.15) is 40.9 Å². The topological polar surface area (TPSA) is 110 Å². The molecule has 39 heavy (non-hydrogen) atoms. The smallest absolute Gasteiger partial charge is 0.264 e. The molecule has 1 saturated heterocycles. The lowest BCUT2D eigenvalue weighted by Gasteiger charge is -2.25. The van der Waals surface area contributed by atoms with Crippen LogP contribution in [0.15, 0.2) is 72.6 Å². The van der Waals surface area contributed by atoms with Gasteiger partial charge in [0.2, 0.25) is 0 Å². The molecule has 0 bridgehead atoms.